The lowest BCUT2D eigenvalue weighted by Crippen LogP contribution is -2.38. The third-order valence-electron chi connectivity index (χ3n) is 5.59. The van der Waals surface area contributed by atoms with E-state index in [2.05, 4.69) is 5.32 Å². The Morgan fingerprint density at radius 2 is 1.84 bits per heavy atom. The zero-order chi connectivity index (χ0) is 22.4. The van der Waals surface area contributed by atoms with E-state index in [0.717, 1.165) is 31.2 Å². The number of halogens is 1. The van der Waals surface area contributed by atoms with Crippen LogP contribution in [-0.2, 0) is 14.9 Å². The maximum atomic E-state index is 13.5. The molecule has 166 valence electrons. The van der Waals surface area contributed by atoms with Crippen LogP contribution < -0.4 is 10.1 Å². The minimum atomic E-state index is -0.671. The first-order chi connectivity index (χ1) is 14.9. The van der Waals surface area contributed by atoms with E-state index in [1.54, 1.807) is 25.1 Å². The van der Waals surface area contributed by atoms with Gasteiger partial charge in [-0.05, 0) is 55.5 Å². The molecule has 0 bridgehead atoms. The van der Waals surface area contributed by atoms with Crippen molar-refractivity contribution in [2.75, 3.05) is 18.5 Å². The third kappa shape index (κ3) is 5.21. The molecule has 0 aromatic heterocycles. The number of carbonyl (C=O) groups excluding carboxylic acids is 2. The summed E-state index contributed by atoms with van der Waals surface area (Å²) >= 11 is 6.47. The summed E-state index contributed by atoms with van der Waals surface area (Å²) in [6.45, 7) is 6.57. The zero-order valence-corrected chi connectivity index (χ0v) is 19.1. The van der Waals surface area contributed by atoms with Gasteiger partial charge in [-0.25, -0.2) is 4.79 Å². The summed E-state index contributed by atoms with van der Waals surface area (Å²) in [6.07, 6.45) is 3.41. The van der Waals surface area contributed by atoms with Crippen LogP contribution in [0.5, 0.6) is 5.75 Å². The van der Waals surface area contributed by atoms with Crippen molar-refractivity contribution in [1.82, 2.24) is 0 Å². The van der Waals surface area contributed by atoms with Gasteiger partial charge in [0.2, 0.25) is 5.91 Å². The number of hydrogen-bond acceptors (Lipinski definition) is 4. The van der Waals surface area contributed by atoms with Crippen LogP contribution in [0.25, 0.3) is 0 Å². The van der Waals surface area contributed by atoms with E-state index in [1.165, 1.54) is 0 Å². The number of carbonyl (C=O) groups is 2. The van der Waals surface area contributed by atoms with Crippen molar-refractivity contribution in [1.29, 1.82) is 0 Å². The van der Waals surface area contributed by atoms with Gasteiger partial charge < -0.3 is 14.8 Å². The summed E-state index contributed by atoms with van der Waals surface area (Å²) in [6, 6.07) is 12.6. The fourth-order valence-electron chi connectivity index (χ4n) is 4.06. The van der Waals surface area contributed by atoms with Crippen molar-refractivity contribution in [2.24, 2.45) is 5.92 Å². The van der Waals surface area contributed by atoms with Crippen molar-refractivity contribution in [3.05, 3.63) is 58.6 Å². The van der Waals surface area contributed by atoms with Crippen LogP contribution in [0.2, 0.25) is 5.02 Å². The van der Waals surface area contributed by atoms with Crippen LogP contribution in [0.4, 0.5) is 5.69 Å². The molecule has 0 aliphatic heterocycles. The molecule has 1 N–H and O–H groups in total. The first-order valence-corrected chi connectivity index (χ1v) is 11.3. The molecule has 31 heavy (non-hydrogen) atoms. The van der Waals surface area contributed by atoms with Crippen molar-refractivity contribution in [3.8, 4) is 5.75 Å². The van der Waals surface area contributed by atoms with Gasteiger partial charge in [-0.15, -0.1) is 0 Å². The highest BCUT2D eigenvalue weighted by Crippen LogP contribution is 2.44. The molecule has 1 saturated carbocycles. The lowest BCUT2D eigenvalue weighted by Gasteiger charge is -2.29. The Morgan fingerprint density at radius 1 is 1.13 bits per heavy atom. The molecule has 3 rings (SSSR count). The number of nitrogens with one attached hydrogen (secondary N) is 1. The Balaban J connectivity index is 1.90. The fourth-order valence-corrected chi connectivity index (χ4v) is 4.37. The van der Waals surface area contributed by atoms with Gasteiger partial charge in [0.15, 0.2) is 0 Å². The molecular weight excluding hydrogens is 414 g/mol. The molecule has 2 aromatic carbocycles. The van der Waals surface area contributed by atoms with Crippen molar-refractivity contribution >= 4 is 29.2 Å². The van der Waals surface area contributed by atoms with E-state index in [4.69, 9.17) is 21.1 Å². The second-order valence-electron chi connectivity index (χ2n) is 8.36. The van der Waals surface area contributed by atoms with E-state index in [1.807, 2.05) is 38.1 Å². The summed E-state index contributed by atoms with van der Waals surface area (Å²) in [5.74, 6) is 0.182. The van der Waals surface area contributed by atoms with Gasteiger partial charge in [0.25, 0.3) is 0 Å². The maximum absolute atomic E-state index is 13.5. The summed E-state index contributed by atoms with van der Waals surface area (Å²) < 4.78 is 11.0. The summed E-state index contributed by atoms with van der Waals surface area (Å²) in [4.78, 5) is 26.0. The van der Waals surface area contributed by atoms with Crippen LogP contribution in [0.1, 0.15) is 62.4 Å². The molecule has 0 atom stereocenters. The van der Waals surface area contributed by atoms with E-state index >= 15 is 0 Å². The summed E-state index contributed by atoms with van der Waals surface area (Å²) in [5.41, 5.74) is 1.02. The Bertz CT molecular complexity index is 935. The fraction of sp³-hybridized carbons (Fsp3) is 0.440. The number of hydrogen-bond donors (Lipinski definition) is 1. The molecule has 2 aromatic rings. The molecule has 0 spiro atoms. The first-order valence-electron chi connectivity index (χ1n) is 10.9. The smallest absolute Gasteiger partial charge is 0.341 e. The number of benzene rings is 2. The SMILES string of the molecule is CCOC(=O)c1cc(NC(=O)C2(c3ccccc3Cl)CCCC2)ccc1OCC(C)C. The van der Waals surface area contributed by atoms with Crippen LogP contribution >= 0.6 is 11.6 Å². The second kappa shape index (κ2) is 10.2. The van der Waals surface area contributed by atoms with Gasteiger partial charge in [-0.2, -0.15) is 0 Å². The predicted molar refractivity (Wildman–Crippen MR) is 123 cm³/mol. The minimum Gasteiger partial charge on any atom is -0.492 e. The average molecular weight is 444 g/mol. The number of amides is 1. The molecule has 5 nitrogen and oxygen atoms in total. The quantitative estimate of drug-likeness (QED) is 0.508. The monoisotopic (exact) mass is 443 g/mol. The molecule has 0 unspecified atom stereocenters. The van der Waals surface area contributed by atoms with E-state index in [-0.39, 0.29) is 12.5 Å². The van der Waals surface area contributed by atoms with Crippen LogP contribution in [0, 0.1) is 5.92 Å². The molecule has 1 aliphatic carbocycles. The molecular formula is C25H30ClNO4. The molecule has 6 heteroatoms. The molecule has 1 fully saturated rings. The van der Waals surface area contributed by atoms with Gasteiger partial charge in [0.1, 0.15) is 11.3 Å². The highest BCUT2D eigenvalue weighted by Gasteiger charge is 2.44. The van der Waals surface area contributed by atoms with Crippen LogP contribution in [0.15, 0.2) is 42.5 Å². The summed E-state index contributed by atoms with van der Waals surface area (Å²) in [7, 11) is 0. The van der Waals surface area contributed by atoms with Crippen molar-refractivity contribution in [2.45, 2.75) is 51.9 Å². The van der Waals surface area contributed by atoms with Gasteiger partial charge in [-0.1, -0.05) is 56.5 Å². The van der Waals surface area contributed by atoms with Gasteiger partial charge in [-0.3, -0.25) is 4.79 Å². The zero-order valence-electron chi connectivity index (χ0n) is 18.4. The van der Waals surface area contributed by atoms with Crippen LogP contribution in [-0.4, -0.2) is 25.1 Å². The predicted octanol–water partition coefficient (Wildman–Crippen LogP) is 6.00. The Morgan fingerprint density at radius 3 is 2.48 bits per heavy atom. The second-order valence-corrected chi connectivity index (χ2v) is 8.77. The normalized spacial score (nSPS) is 15.0. The molecule has 1 amide bonds. The number of rotatable bonds is 8. The van der Waals surface area contributed by atoms with E-state index in [9.17, 15) is 9.59 Å². The van der Waals surface area contributed by atoms with Gasteiger partial charge >= 0.3 is 5.97 Å². The average Bonchev–Trinajstić information content (AvgIpc) is 3.24. The first kappa shape index (κ1) is 23.1. The highest BCUT2D eigenvalue weighted by atomic mass is 35.5. The largest absolute Gasteiger partial charge is 0.492 e. The standard InChI is InChI=1S/C25H30ClNO4/c1-4-30-23(28)19-15-18(11-12-22(19)31-16-17(2)3)27-24(29)25(13-7-8-14-25)20-9-5-6-10-21(20)26/h5-6,9-12,15,17H,4,7-8,13-14,16H2,1-3H3,(H,27,29). The Hall–Kier alpha value is -2.53. The topological polar surface area (TPSA) is 64.6 Å². The van der Waals surface area contributed by atoms with E-state index < -0.39 is 11.4 Å². The molecule has 0 radical (unpaired) electrons. The third-order valence-corrected chi connectivity index (χ3v) is 5.92. The number of anilines is 1. The minimum absolute atomic E-state index is 0.108. The molecule has 0 heterocycles. The number of esters is 1. The van der Waals surface area contributed by atoms with E-state index in [0.29, 0.717) is 34.5 Å². The maximum Gasteiger partial charge on any atom is 0.341 e. The van der Waals surface area contributed by atoms with Gasteiger partial charge in [0, 0.05) is 10.7 Å². The number of ether oxygens (including phenoxy) is 2. The molecule has 0 saturated heterocycles. The summed E-state index contributed by atoms with van der Waals surface area (Å²) in [5, 5.41) is 3.62. The highest BCUT2D eigenvalue weighted by molar-refractivity contribution is 6.32. The van der Waals surface area contributed by atoms with Crippen molar-refractivity contribution < 1.29 is 19.1 Å². The molecule has 1 aliphatic rings. The Kier molecular flexibility index (Phi) is 7.60. The lowest BCUT2D eigenvalue weighted by atomic mass is 9.78. The van der Waals surface area contributed by atoms with Crippen LogP contribution in [0.3, 0.4) is 0 Å². The van der Waals surface area contributed by atoms with Crippen molar-refractivity contribution in [3.63, 3.8) is 0 Å². The van der Waals surface area contributed by atoms with Gasteiger partial charge in [0.05, 0.1) is 18.6 Å². The lowest BCUT2D eigenvalue weighted by molar-refractivity contribution is -0.121. The Labute approximate surface area is 189 Å².